The molecule has 2 atom stereocenters. The summed E-state index contributed by atoms with van der Waals surface area (Å²) in [6.07, 6.45) is 2.12. The lowest BCUT2D eigenvalue weighted by Crippen LogP contribution is -2.58. The zero-order chi connectivity index (χ0) is 49.2. The van der Waals surface area contributed by atoms with Crippen molar-refractivity contribution in [2.45, 2.75) is 72.5 Å². The molecule has 1 aliphatic heterocycles. The van der Waals surface area contributed by atoms with Crippen LogP contribution in [0.3, 0.4) is 0 Å². The second-order valence-electron chi connectivity index (χ2n) is 18.1. The molecule has 14 heteroatoms. The van der Waals surface area contributed by atoms with Gasteiger partial charge in [-0.2, -0.15) is 0 Å². The van der Waals surface area contributed by atoms with Gasteiger partial charge in [-0.25, -0.2) is 4.98 Å². The van der Waals surface area contributed by atoms with Crippen LogP contribution in [0.25, 0.3) is 21.6 Å². The lowest BCUT2D eigenvalue weighted by molar-refractivity contribution is -0.144. The number of aryl methyl sites for hydroxylation is 1. The summed E-state index contributed by atoms with van der Waals surface area (Å²) in [5.41, 5.74) is 10.1. The van der Waals surface area contributed by atoms with Gasteiger partial charge in [-0.3, -0.25) is 19.2 Å². The van der Waals surface area contributed by atoms with Crippen LogP contribution in [0.15, 0.2) is 115 Å². The summed E-state index contributed by atoms with van der Waals surface area (Å²) in [5, 5.41) is 5.86. The van der Waals surface area contributed by atoms with E-state index in [1.165, 1.54) is 16.7 Å². The third kappa shape index (κ3) is 15.1. The van der Waals surface area contributed by atoms with Crippen molar-refractivity contribution in [3.05, 3.63) is 143 Å². The maximum atomic E-state index is 13.9. The number of aromatic nitrogens is 1. The van der Waals surface area contributed by atoms with Crippen LogP contribution in [0.1, 0.15) is 74.9 Å². The molecule has 4 amide bonds. The van der Waals surface area contributed by atoms with Gasteiger partial charge >= 0.3 is 0 Å². The Hall–Kier alpha value is -6.19. The van der Waals surface area contributed by atoms with E-state index in [1.54, 1.807) is 28.2 Å². The summed E-state index contributed by atoms with van der Waals surface area (Å²) in [6, 6.07) is 35.5. The lowest BCUT2D eigenvalue weighted by Gasteiger charge is -2.35. The summed E-state index contributed by atoms with van der Waals surface area (Å²) in [4.78, 5) is 61.6. The number of amides is 4. The standard InChI is InChI=1S/C55H67N5O8S/c1-7-46(41-15-10-8-11-16-41)50(42-17-12-9-13-18-42)43-24-26-45(27-25-43)68-30-29-59(6)49(62)37-67-34-32-65-31-33-66-36-48(61)58-52(55(3,4)5)54(64)60-28-14-19-47(60)53(63)56-35-40-20-22-44(23-21-40)51-39(2)57-38-69-51/h8-13,15-18,20-27,38,47,52H,7,14,19,28-37H2,1-6H3,(H,56,63)(H,58,61)/b50-46-/t47-,52?/m0/s1. The summed E-state index contributed by atoms with van der Waals surface area (Å²) >= 11 is 1.59. The molecular weight excluding hydrogens is 891 g/mol. The highest BCUT2D eigenvalue weighted by Crippen LogP contribution is 2.35. The number of nitrogens with zero attached hydrogens (tertiary/aromatic N) is 3. The fraction of sp³-hybridized carbons (Fsp3) is 0.400. The maximum Gasteiger partial charge on any atom is 0.248 e. The first-order valence-electron chi connectivity index (χ1n) is 23.7. The SMILES string of the molecule is CC/C(=C(\c1ccccc1)c1ccc(OCCN(C)C(=O)COCCOCCOCC(=O)NC(C(=O)N2CCC[C@H]2C(=O)NCc2ccc(-c3scnc3C)cc2)C(C)(C)C)cc1)c1ccccc1. The van der Waals surface area contributed by atoms with E-state index in [1.807, 2.05) is 81.7 Å². The molecule has 13 nitrogen and oxygen atoms in total. The Morgan fingerprint density at radius 1 is 0.797 bits per heavy atom. The fourth-order valence-corrected chi connectivity index (χ4v) is 8.99. The second kappa shape index (κ2) is 26.0. The normalized spacial score (nSPS) is 14.5. The highest BCUT2D eigenvalue weighted by molar-refractivity contribution is 7.13. The number of likely N-dealkylation sites (tertiary alicyclic amines) is 1. The molecule has 1 unspecified atom stereocenters. The van der Waals surface area contributed by atoms with E-state index in [2.05, 4.69) is 83.2 Å². The molecule has 0 spiro atoms. The van der Waals surface area contributed by atoms with Crippen molar-refractivity contribution in [2.24, 2.45) is 5.41 Å². The Bertz CT molecular complexity index is 2450. The number of hydrogen-bond donors (Lipinski definition) is 2. The third-order valence-electron chi connectivity index (χ3n) is 12.0. The molecule has 0 radical (unpaired) electrons. The molecule has 366 valence electrons. The number of benzene rings is 4. The van der Waals surface area contributed by atoms with Crippen LogP contribution in [0.4, 0.5) is 0 Å². The van der Waals surface area contributed by atoms with Gasteiger partial charge < -0.3 is 39.4 Å². The summed E-state index contributed by atoms with van der Waals surface area (Å²) in [7, 11) is 1.71. The summed E-state index contributed by atoms with van der Waals surface area (Å²) in [6.45, 7) is 11.7. The Kier molecular flexibility index (Phi) is 19.6. The van der Waals surface area contributed by atoms with Gasteiger partial charge in [-0.15, -0.1) is 11.3 Å². The Labute approximate surface area is 411 Å². The number of likely N-dealkylation sites (N-methyl/N-ethyl adjacent to an activating group) is 1. The number of thiazole rings is 1. The number of ether oxygens (including phenoxy) is 4. The van der Waals surface area contributed by atoms with E-state index in [0.29, 0.717) is 39.1 Å². The molecular formula is C55H67N5O8S. The minimum atomic E-state index is -0.860. The predicted octanol–water partition coefficient (Wildman–Crippen LogP) is 8.21. The first-order chi connectivity index (χ1) is 33.3. The minimum Gasteiger partial charge on any atom is -0.492 e. The van der Waals surface area contributed by atoms with Gasteiger partial charge in [-0.1, -0.05) is 125 Å². The van der Waals surface area contributed by atoms with Crippen molar-refractivity contribution in [3.63, 3.8) is 0 Å². The zero-order valence-corrected chi connectivity index (χ0v) is 41.6. The number of allylic oxidation sites excluding steroid dienone is 1. The average molecular weight is 958 g/mol. The lowest BCUT2D eigenvalue weighted by atomic mass is 9.85. The smallest absolute Gasteiger partial charge is 0.248 e. The summed E-state index contributed by atoms with van der Waals surface area (Å²) in [5.74, 6) is -0.408. The van der Waals surface area contributed by atoms with Crippen LogP contribution in [0, 0.1) is 12.3 Å². The topological polar surface area (TPSA) is 149 Å². The first-order valence-corrected chi connectivity index (χ1v) is 24.6. The molecule has 0 saturated carbocycles. The number of nitrogens with one attached hydrogen (secondary N) is 2. The quantitative estimate of drug-likeness (QED) is 0.0461. The van der Waals surface area contributed by atoms with E-state index in [-0.39, 0.29) is 57.4 Å². The van der Waals surface area contributed by atoms with Crippen molar-refractivity contribution >= 4 is 46.1 Å². The molecule has 0 aliphatic carbocycles. The molecule has 2 heterocycles. The second-order valence-corrected chi connectivity index (χ2v) is 18.9. The van der Waals surface area contributed by atoms with Crippen LogP contribution in [0.5, 0.6) is 5.75 Å². The Balaban J connectivity index is 0.840. The van der Waals surface area contributed by atoms with Crippen molar-refractivity contribution in [1.82, 2.24) is 25.4 Å². The zero-order valence-electron chi connectivity index (χ0n) is 40.8. The minimum absolute atomic E-state index is 0.0966. The monoisotopic (exact) mass is 957 g/mol. The Morgan fingerprint density at radius 2 is 1.42 bits per heavy atom. The molecule has 1 aromatic heterocycles. The molecule has 1 aliphatic rings. The highest BCUT2D eigenvalue weighted by atomic mass is 32.1. The number of rotatable bonds is 24. The van der Waals surface area contributed by atoms with Gasteiger partial charge in [0.15, 0.2) is 0 Å². The van der Waals surface area contributed by atoms with Crippen LogP contribution in [0.2, 0.25) is 0 Å². The molecule has 0 bridgehead atoms. The molecule has 2 N–H and O–H groups in total. The molecule has 1 saturated heterocycles. The van der Waals surface area contributed by atoms with Crippen molar-refractivity contribution in [2.75, 3.05) is 66.4 Å². The Morgan fingerprint density at radius 3 is 2.04 bits per heavy atom. The number of carbonyl (C=O) groups excluding carboxylic acids is 4. The third-order valence-corrected chi connectivity index (χ3v) is 13.0. The van der Waals surface area contributed by atoms with E-state index >= 15 is 0 Å². The van der Waals surface area contributed by atoms with E-state index in [0.717, 1.165) is 45.0 Å². The van der Waals surface area contributed by atoms with Gasteiger partial charge in [0, 0.05) is 20.1 Å². The van der Waals surface area contributed by atoms with Crippen molar-refractivity contribution < 1.29 is 38.1 Å². The van der Waals surface area contributed by atoms with Crippen LogP contribution in [-0.4, -0.2) is 117 Å². The predicted molar refractivity (Wildman–Crippen MR) is 271 cm³/mol. The first kappa shape index (κ1) is 52.2. The van der Waals surface area contributed by atoms with E-state index in [9.17, 15) is 19.2 Å². The van der Waals surface area contributed by atoms with E-state index in [4.69, 9.17) is 18.9 Å². The molecule has 1 fully saturated rings. The van der Waals surface area contributed by atoms with Gasteiger partial charge in [0.2, 0.25) is 23.6 Å². The van der Waals surface area contributed by atoms with Gasteiger partial charge in [0.1, 0.15) is 37.7 Å². The fourth-order valence-electron chi connectivity index (χ4n) is 8.18. The van der Waals surface area contributed by atoms with Gasteiger partial charge in [0.05, 0.1) is 49.1 Å². The van der Waals surface area contributed by atoms with Crippen molar-refractivity contribution in [3.8, 4) is 16.2 Å². The average Bonchev–Trinajstić information content (AvgIpc) is 4.04. The molecule has 4 aromatic carbocycles. The highest BCUT2D eigenvalue weighted by Gasteiger charge is 2.41. The molecule has 6 rings (SSSR count). The van der Waals surface area contributed by atoms with Crippen LogP contribution < -0.4 is 15.4 Å². The molecule has 5 aromatic rings. The summed E-state index contributed by atoms with van der Waals surface area (Å²) < 4.78 is 22.7. The van der Waals surface area contributed by atoms with Crippen LogP contribution >= 0.6 is 11.3 Å². The molecule has 69 heavy (non-hydrogen) atoms. The number of carbonyl (C=O) groups is 4. The largest absolute Gasteiger partial charge is 0.492 e. The van der Waals surface area contributed by atoms with Crippen LogP contribution in [-0.2, 0) is 39.9 Å². The van der Waals surface area contributed by atoms with Gasteiger partial charge in [-0.05, 0) is 82.7 Å². The van der Waals surface area contributed by atoms with Gasteiger partial charge in [0.25, 0.3) is 0 Å². The van der Waals surface area contributed by atoms with E-state index < -0.39 is 23.4 Å². The van der Waals surface area contributed by atoms with Crippen molar-refractivity contribution in [1.29, 1.82) is 0 Å². The maximum absolute atomic E-state index is 13.9. The number of hydrogen-bond acceptors (Lipinski definition) is 10.